The van der Waals surface area contributed by atoms with E-state index in [0.717, 1.165) is 28.9 Å². The molecule has 0 saturated carbocycles. The van der Waals surface area contributed by atoms with Crippen molar-refractivity contribution in [2.45, 2.75) is 43.4 Å². The molecule has 2 aromatic rings. The minimum absolute atomic E-state index is 0.158. The first-order chi connectivity index (χ1) is 15.7. The number of fused-ring (bicyclic) bond motifs is 1. The van der Waals surface area contributed by atoms with Gasteiger partial charge in [-0.3, -0.25) is 9.59 Å². The molecule has 0 bridgehead atoms. The highest BCUT2D eigenvalue weighted by Gasteiger charge is 2.33. The third-order valence-corrected chi connectivity index (χ3v) is 9.41. The van der Waals surface area contributed by atoms with Crippen LogP contribution in [0.5, 0.6) is 0 Å². The van der Waals surface area contributed by atoms with E-state index in [1.807, 2.05) is 39.0 Å². The molecule has 0 unspecified atom stereocenters. The van der Waals surface area contributed by atoms with Crippen LogP contribution in [0, 0.1) is 19.8 Å². The van der Waals surface area contributed by atoms with E-state index >= 15 is 0 Å². The fourth-order valence-electron chi connectivity index (χ4n) is 4.07. The monoisotopic (exact) mass is 487 g/mol. The number of thioether (sulfide) groups is 1. The molecule has 33 heavy (non-hydrogen) atoms. The van der Waals surface area contributed by atoms with Crippen LogP contribution in [0.2, 0.25) is 0 Å². The van der Waals surface area contributed by atoms with Crippen LogP contribution in [0.1, 0.15) is 30.9 Å². The lowest BCUT2D eigenvalue weighted by molar-refractivity contribution is -0.123. The van der Waals surface area contributed by atoms with E-state index in [1.54, 1.807) is 18.2 Å². The number of carbonyl (C=O) groups is 2. The third kappa shape index (κ3) is 4.95. The minimum Gasteiger partial charge on any atom is -0.325 e. The number of rotatable bonds is 5. The first-order valence-electron chi connectivity index (χ1n) is 11.1. The summed E-state index contributed by atoms with van der Waals surface area (Å²) in [6.07, 6.45) is 1.70. The molecule has 2 aliphatic heterocycles. The van der Waals surface area contributed by atoms with Crippen molar-refractivity contribution in [3.63, 3.8) is 0 Å². The first kappa shape index (κ1) is 23.8. The predicted molar refractivity (Wildman–Crippen MR) is 131 cm³/mol. The summed E-state index contributed by atoms with van der Waals surface area (Å²) >= 11 is 1.51. The Balaban J connectivity index is 1.64. The van der Waals surface area contributed by atoms with Crippen molar-refractivity contribution in [2.75, 3.05) is 35.6 Å². The Hall–Kier alpha value is -2.36. The average molecular weight is 488 g/mol. The van der Waals surface area contributed by atoms with Gasteiger partial charge in [-0.05, 0) is 68.1 Å². The molecule has 0 spiro atoms. The van der Waals surface area contributed by atoms with E-state index in [9.17, 15) is 18.0 Å². The van der Waals surface area contributed by atoms with Crippen LogP contribution in [-0.4, -0.2) is 49.9 Å². The number of nitrogens with one attached hydrogen (secondary N) is 1. The molecule has 4 rings (SSSR count). The van der Waals surface area contributed by atoms with E-state index in [4.69, 9.17) is 0 Å². The number of sulfonamides is 1. The molecule has 2 heterocycles. The second-order valence-corrected chi connectivity index (χ2v) is 11.7. The maximum atomic E-state index is 13.2. The summed E-state index contributed by atoms with van der Waals surface area (Å²) in [7, 11) is -3.64. The van der Waals surface area contributed by atoms with E-state index in [-0.39, 0.29) is 29.2 Å². The average Bonchev–Trinajstić information content (AvgIpc) is 3.30. The van der Waals surface area contributed by atoms with Crippen LogP contribution in [0.25, 0.3) is 0 Å². The zero-order valence-electron chi connectivity index (χ0n) is 19.1. The summed E-state index contributed by atoms with van der Waals surface area (Å²) in [5, 5.41) is 2.87. The van der Waals surface area contributed by atoms with Crippen LogP contribution in [0.3, 0.4) is 0 Å². The Morgan fingerprint density at radius 1 is 1.09 bits per heavy atom. The van der Waals surface area contributed by atoms with Gasteiger partial charge in [0, 0.05) is 35.3 Å². The summed E-state index contributed by atoms with van der Waals surface area (Å²) in [5.74, 6) is -0.244. The molecular weight excluding hydrogens is 458 g/mol. The molecule has 1 atom stereocenters. The number of benzene rings is 2. The summed E-state index contributed by atoms with van der Waals surface area (Å²) in [4.78, 5) is 28.5. The lowest BCUT2D eigenvalue weighted by atomic mass is 10.1. The number of carbonyl (C=O) groups excluding carboxylic acids is 2. The van der Waals surface area contributed by atoms with Crippen LogP contribution in [0.15, 0.2) is 46.2 Å². The highest BCUT2D eigenvalue weighted by atomic mass is 32.2. The van der Waals surface area contributed by atoms with Crippen LogP contribution < -0.4 is 10.2 Å². The third-order valence-electron chi connectivity index (χ3n) is 6.19. The molecule has 2 aliphatic rings. The molecule has 9 heteroatoms. The summed E-state index contributed by atoms with van der Waals surface area (Å²) in [6.45, 7) is 6.63. The Morgan fingerprint density at radius 2 is 1.82 bits per heavy atom. The second kappa shape index (κ2) is 9.48. The smallest absolute Gasteiger partial charge is 0.244 e. The summed E-state index contributed by atoms with van der Waals surface area (Å²) < 4.78 is 27.7. The summed E-state index contributed by atoms with van der Waals surface area (Å²) in [6, 6.07) is 10.6. The van der Waals surface area contributed by atoms with Crippen molar-refractivity contribution in [3.8, 4) is 0 Å². The van der Waals surface area contributed by atoms with Crippen molar-refractivity contribution in [2.24, 2.45) is 5.92 Å². The van der Waals surface area contributed by atoms with E-state index in [2.05, 4.69) is 5.32 Å². The SMILES string of the molecule is Cc1ccc(NC(=O)CN2C(=O)[C@H](C)CSc3ccc(S(=O)(=O)N4CCCC4)cc32)cc1C. The van der Waals surface area contributed by atoms with Gasteiger partial charge in [0.05, 0.1) is 10.6 Å². The largest absolute Gasteiger partial charge is 0.325 e. The van der Waals surface area contributed by atoms with Crippen LogP contribution in [-0.2, 0) is 19.6 Å². The Morgan fingerprint density at radius 3 is 2.52 bits per heavy atom. The molecule has 0 aliphatic carbocycles. The van der Waals surface area contributed by atoms with Crippen molar-refractivity contribution in [1.82, 2.24) is 4.31 Å². The van der Waals surface area contributed by atoms with Gasteiger partial charge < -0.3 is 10.2 Å². The molecule has 176 valence electrons. The van der Waals surface area contributed by atoms with Gasteiger partial charge in [-0.15, -0.1) is 11.8 Å². The topological polar surface area (TPSA) is 86.8 Å². The van der Waals surface area contributed by atoms with Crippen molar-refractivity contribution < 1.29 is 18.0 Å². The number of hydrogen-bond acceptors (Lipinski definition) is 5. The molecule has 0 radical (unpaired) electrons. The molecule has 2 amide bonds. The molecule has 2 aromatic carbocycles. The zero-order chi connectivity index (χ0) is 23.8. The van der Waals surface area contributed by atoms with Crippen molar-refractivity contribution in [3.05, 3.63) is 47.5 Å². The van der Waals surface area contributed by atoms with Gasteiger partial charge in [0.25, 0.3) is 0 Å². The molecular formula is C24H29N3O4S2. The van der Waals surface area contributed by atoms with Gasteiger partial charge in [-0.1, -0.05) is 13.0 Å². The highest BCUT2D eigenvalue weighted by molar-refractivity contribution is 7.99. The number of aryl methyl sites for hydroxylation is 2. The maximum Gasteiger partial charge on any atom is 0.244 e. The molecule has 1 fully saturated rings. The van der Waals surface area contributed by atoms with Gasteiger partial charge in [-0.2, -0.15) is 4.31 Å². The lowest BCUT2D eigenvalue weighted by Gasteiger charge is -2.25. The zero-order valence-corrected chi connectivity index (χ0v) is 20.8. The fraction of sp³-hybridized carbons (Fsp3) is 0.417. The quantitative estimate of drug-likeness (QED) is 0.693. The van der Waals surface area contributed by atoms with Crippen LogP contribution >= 0.6 is 11.8 Å². The predicted octanol–water partition coefficient (Wildman–Crippen LogP) is 3.80. The number of nitrogens with zero attached hydrogens (tertiary/aromatic N) is 2. The fourth-order valence-corrected chi connectivity index (χ4v) is 6.66. The van der Waals surface area contributed by atoms with Crippen LogP contribution in [0.4, 0.5) is 11.4 Å². The van der Waals surface area contributed by atoms with Gasteiger partial charge in [-0.25, -0.2) is 8.42 Å². The minimum atomic E-state index is -3.64. The van der Waals surface area contributed by atoms with Crippen molar-refractivity contribution >= 4 is 45.0 Å². The Bertz CT molecular complexity index is 1190. The normalized spacial score (nSPS) is 19.3. The maximum absolute atomic E-state index is 13.2. The highest BCUT2D eigenvalue weighted by Crippen LogP contribution is 2.38. The van der Waals surface area contributed by atoms with E-state index in [0.29, 0.717) is 30.2 Å². The molecule has 1 N–H and O–H groups in total. The second-order valence-electron chi connectivity index (χ2n) is 8.72. The van der Waals surface area contributed by atoms with E-state index < -0.39 is 10.0 Å². The number of anilines is 2. The summed E-state index contributed by atoms with van der Waals surface area (Å²) in [5.41, 5.74) is 3.33. The lowest BCUT2D eigenvalue weighted by Crippen LogP contribution is -2.41. The first-order valence-corrected chi connectivity index (χ1v) is 13.5. The van der Waals surface area contributed by atoms with Gasteiger partial charge in [0.2, 0.25) is 21.8 Å². The molecule has 7 nitrogen and oxygen atoms in total. The van der Waals surface area contributed by atoms with Gasteiger partial charge in [0.15, 0.2) is 0 Å². The number of amides is 2. The number of hydrogen-bond donors (Lipinski definition) is 1. The van der Waals surface area contributed by atoms with E-state index in [1.165, 1.54) is 21.0 Å². The van der Waals surface area contributed by atoms with Gasteiger partial charge >= 0.3 is 0 Å². The standard InChI is InChI=1S/C24H29N3O4S2/c1-16-6-7-19(12-17(16)2)25-23(28)14-27-21-13-20(33(30,31)26-10-4-5-11-26)8-9-22(21)32-15-18(3)24(27)29/h6-9,12-13,18H,4-5,10-11,14-15H2,1-3H3,(H,25,28)/t18-/m1/s1. The molecule has 1 saturated heterocycles. The molecule has 0 aromatic heterocycles. The van der Waals surface area contributed by atoms with Crippen molar-refractivity contribution in [1.29, 1.82) is 0 Å². The van der Waals surface area contributed by atoms with Gasteiger partial charge in [0.1, 0.15) is 6.54 Å². The Kier molecular flexibility index (Phi) is 6.83. The Labute approximate surface area is 199 Å².